The zero-order valence-corrected chi connectivity index (χ0v) is 15.9. The van der Waals surface area contributed by atoms with Crippen molar-refractivity contribution in [2.75, 3.05) is 41.3 Å². The molecule has 28 heavy (non-hydrogen) atoms. The van der Waals surface area contributed by atoms with Crippen LogP contribution < -0.4 is 15.1 Å². The van der Waals surface area contributed by atoms with Crippen LogP contribution in [0, 0.1) is 0 Å². The smallest absolute Gasteiger partial charge is 0.257 e. The molecule has 0 unspecified atom stereocenters. The molecule has 0 bridgehead atoms. The van der Waals surface area contributed by atoms with Crippen molar-refractivity contribution in [3.63, 3.8) is 0 Å². The summed E-state index contributed by atoms with van der Waals surface area (Å²) in [7, 11) is 0. The van der Waals surface area contributed by atoms with Crippen LogP contribution in [0.5, 0.6) is 0 Å². The van der Waals surface area contributed by atoms with Gasteiger partial charge < -0.3 is 15.1 Å². The molecule has 1 fully saturated rings. The Bertz CT molecular complexity index is 960. The Morgan fingerprint density at radius 2 is 1.68 bits per heavy atom. The van der Waals surface area contributed by atoms with Gasteiger partial charge in [-0.1, -0.05) is 23.7 Å². The molecule has 0 atom stereocenters. The number of aromatic nitrogens is 3. The third kappa shape index (κ3) is 4.04. The van der Waals surface area contributed by atoms with Crippen LogP contribution in [0.25, 0.3) is 0 Å². The molecule has 0 aliphatic carbocycles. The molecule has 1 aliphatic rings. The number of nitrogens with one attached hydrogen (secondary N) is 1. The highest BCUT2D eigenvalue weighted by atomic mass is 35.5. The second-order valence-electron chi connectivity index (χ2n) is 6.39. The van der Waals surface area contributed by atoms with Gasteiger partial charge in [-0.25, -0.2) is 9.97 Å². The average Bonchev–Trinajstić information content (AvgIpc) is 2.76. The molecular formula is C20H19ClN6O. The lowest BCUT2D eigenvalue weighted by Gasteiger charge is -2.35. The molecule has 0 saturated carbocycles. The summed E-state index contributed by atoms with van der Waals surface area (Å²) in [6, 6.07) is 10.8. The number of nitrogens with zero attached hydrogens (tertiary/aromatic N) is 5. The highest BCUT2D eigenvalue weighted by Gasteiger charge is 2.20. The molecular weight excluding hydrogens is 376 g/mol. The zero-order chi connectivity index (χ0) is 19.3. The number of pyridine rings is 1. The molecule has 142 valence electrons. The van der Waals surface area contributed by atoms with E-state index in [1.54, 1.807) is 36.9 Å². The predicted molar refractivity (Wildman–Crippen MR) is 110 cm³/mol. The first-order chi connectivity index (χ1) is 13.7. The molecule has 1 aliphatic heterocycles. The summed E-state index contributed by atoms with van der Waals surface area (Å²) in [6.45, 7) is 3.21. The van der Waals surface area contributed by atoms with Gasteiger partial charge in [-0.3, -0.25) is 9.78 Å². The highest BCUT2D eigenvalue weighted by Crippen LogP contribution is 2.22. The van der Waals surface area contributed by atoms with Crippen LogP contribution in [0.3, 0.4) is 0 Å². The minimum atomic E-state index is -0.237. The number of para-hydroxylation sites is 1. The van der Waals surface area contributed by atoms with Crippen LogP contribution in [-0.2, 0) is 0 Å². The molecule has 3 aromatic rings. The Morgan fingerprint density at radius 1 is 0.964 bits per heavy atom. The number of rotatable bonds is 4. The van der Waals surface area contributed by atoms with E-state index in [0.717, 1.165) is 37.8 Å². The predicted octanol–water partition coefficient (Wildman–Crippen LogP) is 3.10. The Kier molecular flexibility index (Phi) is 5.34. The maximum absolute atomic E-state index is 12.6. The SMILES string of the molecule is O=C(Nc1ccccc1Cl)c1cncc(N2CCN(c3ncccn3)CC2)c1. The van der Waals surface area contributed by atoms with Gasteiger partial charge in [0.15, 0.2) is 0 Å². The van der Waals surface area contributed by atoms with Crippen molar-refractivity contribution in [1.82, 2.24) is 15.0 Å². The van der Waals surface area contributed by atoms with Crippen molar-refractivity contribution in [1.29, 1.82) is 0 Å². The third-order valence-electron chi connectivity index (χ3n) is 4.59. The fourth-order valence-corrected chi connectivity index (χ4v) is 3.28. The normalized spacial score (nSPS) is 14.0. The number of halogens is 1. The van der Waals surface area contributed by atoms with Gasteiger partial charge >= 0.3 is 0 Å². The average molecular weight is 395 g/mol. The van der Waals surface area contributed by atoms with E-state index >= 15 is 0 Å². The van der Waals surface area contributed by atoms with Gasteiger partial charge in [0.2, 0.25) is 5.95 Å². The monoisotopic (exact) mass is 394 g/mol. The molecule has 7 nitrogen and oxygen atoms in total. The van der Waals surface area contributed by atoms with E-state index in [2.05, 4.69) is 30.1 Å². The highest BCUT2D eigenvalue weighted by molar-refractivity contribution is 6.33. The first kappa shape index (κ1) is 18.2. The first-order valence-corrected chi connectivity index (χ1v) is 9.36. The Labute approximate surface area is 168 Å². The summed E-state index contributed by atoms with van der Waals surface area (Å²) in [5, 5.41) is 3.33. The Balaban J connectivity index is 1.43. The van der Waals surface area contributed by atoms with Crippen molar-refractivity contribution in [2.24, 2.45) is 0 Å². The van der Waals surface area contributed by atoms with E-state index < -0.39 is 0 Å². The second kappa shape index (κ2) is 8.22. The maximum atomic E-state index is 12.6. The van der Waals surface area contributed by atoms with Crippen LogP contribution >= 0.6 is 11.6 Å². The number of benzene rings is 1. The van der Waals surface area contributed by atoms with Crippen molar-refractivity contribution in [3.05, 3.63) is 71.8 Å². The zero-order valence-electron chi connectivity index (χ0n) is 15.1. The van der Waals surface area contributed by atoms with Crippen molar-refractivity contribution in [3.8, 4) is 0 Å². The van der Waals surface area contributed by atoms with Gasteiger partial charge in [0.05, 0.1) is 28.2 Å². The number of piperazine rings is 1. The minimum absolute atomic E-state index is 0.237. The number of amides is 1. The van der Waals surface area contributed by atoms with E-state index in [4.69, 9.17) is 11.6 Å². The van der Waals surface area contributed by atoms with Crippen molar-refractivity contribution < 1.29 is 4.79 Å². The Morgan fingerprint density at radius 3 is 2.43 bits per heavy atom. The van der Waals surface area contributed by atoms with E-state index in [9.17, 15) is 4.79 Å². The lowest BCUT2D eigenvalue weighted by molar-refractivity contribution is 0.102. The van der Waals surface area contributed by atoms with Crippen LogP contribution in [-0.4, -0.2) is 47.0 Å². The molecule has 3 heterocycles. The molecule has 1 aromatic carbocycles. The van der Waals surface area contributed by atoms with E-state index in [1.807, 2.05) is 24.3 Å². The summed E-state index contributed by atoms with van der Waals surface area (Å²) >= 11 is 6.12. The number of anilines is 3. The summed E-state index contributed by atoms with van der Waals surface area (Å²) in [6.07, 6.45) is 6.84. The van der Waals surface area contributed by atoms with Gasteiger partial charge in [0.25, 0.3) is 5.91 Å². The van der Waals surface area contributed by atoms with Crippen LogP contribution in [0.15, 0.2) is 61.2 Å². The largest absolute Gasteiger partial charge is 0.367 e. The van der Waals surface area contributed by atoms with E-state index in [1.165, 1.54) is 0 Å². The molecule has 1 saturated heterocycles. The molecule has 0 spiro atoms. The lowest BCUT2D eigenvalue weighted by Crippen LogP contribution is -2.47. The van der Waals surface area contributed by atoms with Crippen LogP contribution in [0.2, 0.25) is 5.02 Å². The van der Waals surface area contributed by atoms with Crippen LogP contribution in [0.1, 0.15) is 10.4 Å². The van der Waals surface area contributed by atoms with Gasteiger partial charge in [-0.2, -0.15) is 0 Å². The standard InChI is InChI=1S/C20H19ClN6O/c21-17-4-1-2-5-18(17)25-19(28)15-12-16(14-22-13-15)26-8-10-27(11-9-26)20-23-6-3-7-24-20/h1-7,12-14H,8-11H2,(H,25,28). The van der Waals surface area contributed by atoms with Gasteiger partial charge in [-0.15, -0.1) is 0 Å². The topological polar surface area (TPSA) is 74.2 Å². The summed E-state index contributed by atoms with van der Waals surface area (Å²) in [5.74, 6) is 0.506. The fraction of sp³-hybridized carbons (Fsp3) is 0.200. The molecule has 1 N–H and O–H groups in total. The molecule has 2 aromatic heterocycles. The van der Waals surface area contributed by atoms with Crippen molar-refractivity contribution in [2.45, 2.75) is 0 Å². The third-order valence-corrected chi connectivity index (χ3v) is 4.92. The van der Waals surface area contributed by atoms with Gasteiger partial charge in [0, 0.05) is 44.8 Å². The summed E-state index contributed by atoms with van der Waals surface area (Å²) < 4.78 is 0. The van der Waals surface area contributed by atoms with Gasteiger partial charge in [0.1, 0.15) is 0 Å². The summed E-state index contributed by atoms with van der Waals surface area (Å²) in [5.41, 5.74) is 1.99. The Hall–Kier alpha value is -3.19. The second-order valence-corrected chi connectivity index (χ2v) is 6.80. The number of carbonyl (C=O) groups excluding carboxylic acids is 1. The molecule has 8 heteroatoms. The van der Waals surface area contributed by atoms with E-state index in [0.29, 0.717) is 16.3 Å². The molecule has 1 amide bonds. The van der Waals surface area contributed by atoms with Gasteiger partial charge in [-0.05, 0) is 24.3 Å². The fourth-order valence-electron chi connectivity index (χ4n) is 3.10. The van der Waals surface area contributed by atoms with E-state index in [-0.39, 0.29) is 5.91 Å². The lowest BCUT2D eigenvalue weighted by atomic mass is 10.2. The number of carbonyl (C=O) groups is 1. The number of hydrogen-bond donors (Lipinski definition) is 1. The maximum Gasteiger partial charge on any atom is 0.257 e. The number of hydrogen-bond acceptors (Lipinski definition) is 6. The quantitative estimate of drug-likeness (QED) is 0.733. The molecule has 0 radical (unpaired) electrons. The van der Waals surface area contributed by atoms with Crippen molar-refractivity contribution >= 4 is 34.8 Å². The first-order valence-electron chi connectivity index (χ1n) is 8.98. The van der Waals surface area contributed by atoms with Crippen LogP contribution in [0.4, 0.5) is 17.3 Å². The summed E-state index contributed by atoms with van der Waals surface area (Å²) in [4.78, 5) is 29.8. The minimum Gasteiger partial charge on any atom is -0.367 e. The molecule has 4 rings (SSSR count).